The molecular formula is C32H52O5. The molecule has 0 amide bonds. The predicted octanol–water partition coefficient (Wildman–Crippen LogP) is 7.25. The van der Waals surface area contributed by atoms with Crippen LogP contribution in [-0.2, 0) is 23.8 Å². The van der Waals surface area contributed by atoms with E-state index in [2.05, 4.69) is 41.5 Å². The summed E-state index contributed by atoms with van der Waals surface area (Å²) >= 11 is 0. The Hall–Kier alpha value is -1.10. The first-order chi connectivity index (χ1) is 17.3. The summed E-state index contributed by atoms with van der Waals surface area (Å²) in [5.74, 6) is 1.95. The number of ether oxygens (including phenoxy) is 3. The van der Waals surface area contributed by atoms with Gasteiger partial charge in [0.15, 0.2) is 0 Å². The second-order valence-corrected chi connectivity index (χ2v) is 14.8. The maximum atomic E-state index is 12.3. The van der Waals surface area contributed by atoms with Gasteiger partial charge in [-0.1, -0.05) is 60.8 Å². The largest absolute Gasteiger partial charge is 0.463 e. The molecule has 1 aliphatic heterocycles. The van der Waals surface area contributed by atoms with Crippen LogP contribution in [0, 0.1) is 39.9 Å². The van der Waals surface area contributed by atoms with Gasteiger partial charge in [0.05, 0.1) is 0 Å². The molecule has 0 radical (unpaired) electrons. The third kappa shape index (κ3) is 3.71. The zero-order valence-corrected chi connectivity index (χ0v) is 24.8. The molecule has 0 N–H and O–H groups in total. The second-order valence-electron chi connectivity index (χ2n) is 14.8. The summed E-state index contributed by atoms with van der Waals surface area (Å²) in [5, 5.41) is 0. The number of rotatable bonds is 7. The van der Waals surface area contributed by atoms with Crippen molar-refractivity contribution in [3.05, 3.63) is 0 Å². The van der Waals surface area contributed by atoms with Crippen LogP contribution in [-0.4, -0.2) is 35.3 Å². The Bertz CT molecular complexity index is 930. The van der Waals surface area contributed by atoms with E-state index >= 15 is 0 Å². The summed E-state index contributed by atoms with van der Waals surface area (Å²) in [5.41, 5.74) is -0.129. The molecule has 5 fully saturated rings. The molecule has 1 heterocycles. The van der Waals surface area contributed by atoms with Gasteiger partial charge in [0, 0.05) is 37.0 Å². The van der Waals surface area contributed by atoms with Crippen molar-refractivity contribution in [2.45, 2.75) is 149 Å². The zero-order chi connectivity index (χ0) is 27.0. The van der Waals surface area contributed by atoms with Gasteiger partial charge in [-0.25, -0.2) is 0 Å². The molecule has 4 saturated carbocycles. The molecule has 0 aromatic carbocycles. The number of carbonyl (C=O) groups is 2. The molecule has 0 spiro atoms. The van der Waals surface area contributed by atoms with E-state index in [1.165, 1.54) is 52.4 Å². The van der Waals surface area contributed by atoms with Crippen molar-refractivity contribution >= 4 is 11.9 Å². The normalized spacial score (nSPS) is 48.8. The highest BCUT2D eigenvalue weighted by Crippen LogP contribution is 2.85. The van der Waals surface area contributed by atoms with Gasteiger partial charge in [0.25, 0.3) is 0 Å². The number of hydrogen-bond donors (Lipinski definition) is 0. The highest BCUT2D eigenvalue weighted by atomic mass is 16.6. The van der Waals surface area contributed by atoms with Crippen LogP contribution in [0.5, 0.6) is 0 Å². The Labute approximate surface area is 225 Å². The summed E-state index contributed by atoms with van der Waals surface area (Å²) in [6, 6.07) is 0. The third-order valence-corrected chi connectivity index (χ3v) is 12.8. The first-order valence-corrected chi connectivity index (χ1v) is 15.3. The molecule has 5 rings (SSSR count). The van der Waals surface area contributed by atoms with Crippen molar-refractivity contribution < 1.29 is 23.8 Å². The smallest absolute Gasteiger partial charge is 0.302 e. The van der Waals surface area contributed by atoms with E-state index in [1.807, 2.05) is 0 Å². The van der Waals surface area contributed by atoms with E-state index in [1.54, 1.807) is 0 Å². The Kier molecular flexibility index (Phi) is 6.65. The summed E-state index contributed by atoms with van der Waals surface area (Å²) in [7, 11) is 0. The molecule has 10 atom stereocenters. The van der Waals surface area contributed by atoms with Crippen LogP contribution < -0.4 is 0 Å². The molecule has 210 valence electrons. The highest BCUT2D eigenvalue weighted by Gasteiger charge is 2.90. The molecule has 37 heavy (non-hydrogen) atoms. The van der Waals surface area contributed by atoms with E-state index in [9.17, 15) is 9.59 Å². The van der Waals surface area contributed by atoms with Gasteiger partial charge in [-0.2, -0.15) is 0 Å². The molecule has 0 aromatic heterocycles. The molecule has 1 saturated heterocycles. The number of esters is 2. The second kappa shape index (κ2) is 8.96. The molecule has 4 aliphatic carbocycles. The van der Waals surface area contributed by atoms with E-state index in [0.717, 1.165) is 49.9 Å². The molecule has 0 unspecified atom stereocenters. The summed E-state index contributed by atoms with van der Waals surface area (Å²) in [4.78, 5) is 24.1. The minimum absolute atomic E-state index is 0.0761. The Morgan fingerprint density at radius 3 is 2.22 bits per heavy atom. The van der Waals surface area contributed by atoms with Crippen molar-refractivity contribution in [2.75, 3.05) is 0 Å². The lowest BCUT2D eigenvalue weighted by molar-refractivity contribution is -0.183. The van der Waals surface area contributed by atoms with Crippen LogP contribution in [0.25, 0.3) is 0 Å². The lowest BCUT2D eigenvalue weighted by Gasteiger charge is -2.62. The van der Waals surface area contributed by atoms with Gasteiger partial charge in [0.1, 0.15) is 23.4 Å². The molecular weight excluding hydrogens is 464 g/mol. The van der Waals surface area contributed by atoms with E-state index in [4.69, 9.17) is 14.2 Å². The lowest BCUT2D eigenvalue weighted by Crippen LogP contribution is -2.67. The Morgan fingerprint density at radius 1 is 0.865 bits per heavy atom. The van der Waals surface area contributed by atoms with E-state index < -0.39 is 0 Å². The lowest BCUT2D eigenvalue weighted by atomic mass is 9.40. The number of hydrogen-bond acceptors (Lipinski definition) is 5. The van der Waals surface area contributed by atoms with Crippen molar-refractivity contribution in [3.8, 4) is 0 Å². The van der Waals surface area contributed by atoms with Crippen LogP contribution >= 0.6 is 0 Å². The maximum Gasteiger partial charge on any atom is 0.302 e. The first kappa shape index (κ1) is 27.5. The quantitative estimate of drug-likeness (QED) is 0.263. The molecule has 5 heteroatoms. The van der Waals surface area contributed by atoms with Crippen LogP contribution in [0.15, 0.2) is 0 Å². The van der Waals surface area contributed by atoms with Gasteiger partial charge in [0.2, 0.25) is 0 Å². The summed E-state index contributed by atoms with van der Waals surface area (Å²) in [6.45, 7) is 17.7. The fraction of sp³-hybridized carbons (Fsp3) is 0.938. The van der Waals surface area contributed by atoms with E-state index in [0.29, 0.717) is 0 Å². The van der Waals surface area contributed by atoms with Crippen molar-refractivity contribution in [1.29, 1.82) is 0 Å². The van der Waals surface area contributed by atoms with Crippen LogP contribution in [0.1, 0.15) is 126 Å². The summed E-state index contributed by atoms with van der Waals surface area (Å²) in [6.07, 6.45) is 11.9. The number of fused-ring (bicyclic) bond motifs is 2. The van der Waals surface area contributed by atoms with Crippen LogP contribution in [0.4, 0.5) is 0 Å². The van der Waals surface area contributed by atoms with Gasteiger partial charge >= 0.3 is 11.9 Å². The molecule has 5 nitrogen and oxygen atoms in total. The average molecular weight is 517 g/mol. The summed E-state index contributed by atoms with van der Waals surface area (Å²) < 4.78 is 19.1. The van der Waals surface area contributed by atoms with Crippen molar-refractivity contribution in [3.63, 3.8) is 0 Å². The fourth-order valence-corrected chi connectivity index (χ4v) is 10.8. The van der Waals surface area contributed by atoms with Gasteiger partial charge in [-0.05, 0) is 68.1 Å². The van der Waals surface area contributed by atoms with Gasteiger partial charge in [-0.3, -0.25) is 9.59 Å². The molecule has 0 aromatic rings. The van der Waals surface area contributed by atoms with Gasteiger partial charge < -0.3 is 14.2 Å². The monoisotopic (exact) mass is 516 g/mol. The highest BCUT2D eigenvalue weighted by molar-refractivity contribution is 5.66. The fourth-order valence-electron chi connectivity index (χ4n) is 10.8. The molecule has 5 aliphatic rings. The van der Waals surface area contributed by atoms with Crippen LogP contribution in [0.2, 0.25) is 0 Å². The SMILES string of the molecule is CC(=O)O[C@H]1CC[C@@]2(C)[C@H](C1)[C@@H](OC(C)=O)C[C@@]13O[C@]12CC[C@]1(C)[C@@H]([C@H](C)CCCC(C)C)CC[C@@]31C. The minimum atomic E-state index is -0.223. The molecule has 0 bridgehead atoms. The van der Waals surface area contributed by atoms with Gasteiger partial charge in [-0.15, -0.1) is 0 Å². The first-order valence-electron chi connectivity index (χ1n) is 15.3. The van der Waals surface area contributed by atoms with Crippen LogP contribution in [0.3, 0.4) is 0 Å². The van der Waals surface area contributed by atoms with Crippen molar-refractivity contribution in [2.24, 2.45) is 39.9 Å². The zero-order valence-electron chi connectivity index (χ0n) is 24.8. The minimum Gasteiger partial charge on any atom is -0.463 e. The number of carbonyl (C=O) groups excluding carboxylic acids is 2. The Morgan fingerprint density at radius 2 is 1.57 bits per heavy atom. The number of epoxide rings is 1. The van der Waals surface area contributed by atoms with Crippen molar-refractivity contribution in [1.82, 2.24) is 0 Å². The van der Waals surface area contributed by atoms with E-state index in [-0.39, 0.29) is 57.5 Å². The standard InChI is InChI=1S/C32H52O5/c1-20(2)10-9-11-21(3)25-13-15-30(8)28(25,6)16-17-31-29(7)14-12-24(35-22(4)33)18-26(29)27(36-23(5)34)19-32(30,31)37-31/h20-21,24-27H,9-19H2,1-8H3/t21-,24+,25-,26-,27+,28-,29+,30-,31+,32+/m1/s1. The maximum absolute atomic E-state index is 12.3. The third-order valence-electron chi connectivity index (χ3n) is 12.8. The topological polar surface area (TPSA) is 65.1 Å². The average Bonchev–Trinajstić information content (AvgIpc) is 3.41. The predicted molar refractivity (Wildman–Crippen MR) is 144 cm³/mol. The Balaban J connectivity index is 1.45.